The molecule has 112 valence electrons. The van der Waals surface area contributed by atoms with Crippen LogP contribution in [0.1, 0.15) is 46.0 Å². The Labute approximate surface area is 123 Å². The van der Waals surface area contributed by atoms with E-state index in [1.807, 2.05) is 13.8 Å². The van der Waals surface area contributed by atoms with E-state index in [1.165, 1.54) is 4.90 Å². The van der Waals surface area contributed by atoms with Crippen molar-refractivity contribution in [3.63, 3.8) is 0 Å². The molecule has 1 saturated heterocycles. The van der Waals surface area contributed by atoms with E-state index in [1.54, 1.807) is 11.8 Å². The van der Waals surface area contributed by atoms with Crippen LogP contribution in [0.25, 0.3) is 0 Å². The third kappa shape index (κ3) is 2.24. The van der Waals surface area contributed by atoms with Gasteiger partial charge in [-0.2, -0.15) is 11.8 Å². The van der Waals surface area contributed by atoms with Crippen molar-refractivity contribution < 1.29 is 14.4 Å². The number of thioether (sulfide) groups is 1. The van der Waals surface area contributed by atoms with E-state index in [2.05, 4.69) is 11.6 Å². The Balaban J connectivity index is 2.26. The Morgan fingerprint density at radius 2 is 1.90 bits per heavy atom. The molecule has 1 aliphatic heterocycles. The number of hydrogen-bond donors (Lipinski definition) is 1. The number of nitrogens with one attached hydrogen (secondary N) is 1. The van der Waals surface area contributed by atoms with Crippen molar-refractivity contribution >= 4 is 29.6 Å². The summed E-state index contributed by atoms with van der Waals surface area (Å²) in [5.74, 6) is -0.740. The lowest BCUT2D eigenvalue weighted by molar-refractivity contribution is -0.153. The predicted octanol–water partition coefficient (Wildman–Crippen LogP) is 2.16. The van der Waals surface area contributed by atoms with Crippen LogP contribution in [0.2, 0.25) is 0 Å². The molecule has 0 aromatic rings. The number of imide groups is 2. The van der Waals surface area contributed by atoms with Crippen molar-refractivity contribution in [2.75, 3.05) is 6.26 Å². The highest BCUT2D eigenvalue weighted by atomic mass is 32.2. The van der Waals surface area contributed by atoms with Gasteiger partial charge >= 0.3 is 6.03 Å². The highest BCUT2D eigenvalue weighted by molar-refractivity contribution is 7.99. The number of nitrogens with zero attached hydrogens (tertiary/aromatic N) is 1. The van der Waals surface area contributed by atoms with Gasteiger partial charge in [0.2, 0.25) is 11.8 Å². The Bertz CT molecular complexity index is 434. The molecule has 0 radical (unpaired) electrons. The van der Waals surface area contributed by atoms with Gasteiger partial charge in [-0.25, -0.2) is 4.79 Å². The maximum absolute atomic E-state index is 12.7. The molecule has 0 bridgehead atoms. The molecule has 20 heavy (non-hydrogen) atoms. The highest BCUT2D eigenvalue weighted by Gasteiger charge is 2.53. The Kier molecular flexibility index (Phi) is 4.42. The second kappa shape index (κ2) is 5.76. The summed E-state index contributed by atoms with van der Waals surface area (Å²) in [5, 5.41) is 2.88. The molecule has 2 fully saturated rings. The van der Waals surface area contributed by atoms with Crippen molar-refractivity contribution in [1.82, 2.24) is 10.2 Å². The van der Waals surface area contributed by atoms with Gasteiger partial charge in [0.15, 0.2) is 0 Å². The van der Waals surface area contributed by atoms with E-state index in [0.717, 1.165) is 19.3 Å². The molecule has 1 saturated carbocycles. The average Bonchev–Trinajstić information content (AvgIpc) is 2.88. The number of rotatable bonds is 4. The SMILES string of the molecule is CCC1(CC)C(=O)NC(=O)N(C2CCC(SC)C2)C1=O. The standard InChI is InChI=1S/C14H22N2O3S/c1-4-14(5-2)11(17)15-13(19)16(12(14)18)9-6-7-10(8-9)20-3/h9-10H,4-8H2,1-3H3,(H,15,17,19). The van der Waals surface area contributed by atoms with Gasteiger partial charge in [-0.05, 0) is 38.4 Å². The van der Waals surface area contributed by atoms with Crippen LogP contribution in [0.15, 0.2) is 0 Å². The Hall–Kier alpha value is -1.04. The molecule has 1 heterocycles. The lowest BCUT2D eigenvalue weighted by Crippen LogP contribution is -2.65. The molecular formula is C14H22N2O3S. The largest absolute Gasteiger partial charge is 0.331 e. The monoisotopic (exact) mass is 298 g/mol. The van der Waals surface area contributed by atoms with Gasteiger partial charge in [0, 0.05) is 11.3 Å². The van der Waals surface area contributed by atoms with Crippen molar-refractivity contribution in [3.8, 4) is 0 Å². The van der Waals surface area contributed by atoms with Crippen LogP contribution in [0.5, 0.6) is 0 Å². The Morgan fingerprint density at radius 3 is 2.40 bits per heavy atom. The second-order valence-electron chi connectivity index (χ2n) is 5.55. The average molecular weight is 298 g/mol. The summed E-state index contributed by atoms with van der Waals surface area (Å²) in [6.45, 7) is 3.66. The molecule has 0 aromatic carbocycles. The van der Waals surface area contributed by atoms with Crippen LogP contribution in [0.4, 0.5) is 4.79 Å². The van der Waals surface area contributed by atoms with Crippen LogP contribution in [-0.2, 0) is 9.59 Å². The van der Waals surface area contributed by atoms with Crippen LogP contribution in [0, 0.1) is 5.41 Å². The normalized spacial score (nSPS) is 29.8. The van der Waals surface area contributed by atoms with Crippen LogP contribution < -0.4 is 5.32 Å². The number of amides is 4. The van der Waals surface area contributed by atoms with Gasteiger partial charge in [-0.15, -0.1) is 0 Å². The zero-order valence-electron chi connectivity index (χ0n) is 12.3. The molecule has 2 aliphatic rings. The lowest BCUT2D eigenvalue weighted by atomic mass is 9.78. The summed E-state index contributed by atoms with van der Waals surface area (Å²) in [5.41, 5.74) is -1.06. The number of carbonyl (C=O) groups is 3. The summed E-state index contributed by atoms with van der Waals surface area (Å²) in [4.78, 5) is 38.3. The first-order valence-electron chi connectivity index (χ1n) is 7.22. The molecule has 1 N–H and O–H groups in total. The first-order chi connectivity index (χ1) is 9.50. The topological polar surface area (TPSA) is 66.5 Å². The molecule has 2 rings (SSSR count). The maximum atomic E-state index is 12.7. The summed E-state index contributed by atoms with van der Waals surface area (Å²) in [7, 11) is 0. The zero-order chi connectivity index (χ0) is 14.9. The highest BCUT2D eigenvalue weighted by Crippen LogP contribution is 2.38. The third-order valence-corrected chi connectivity index (χ3v) is 5.86. The second-order valence-corrected chi connectivity index (χ2v) is 6.69. The van der Waals surface area contributed by atoms with Gasteiger partial charge in [0.25, 0.3) is 0 Å². The Morgan fingerprint density at radius 1 is 1.25 bits per heavy atom. The van der Waals surface area contributed by atoms with Crippen molar-refractivity contribution in [3.05, 3.63) is 0 Å². The van der Waals surface area contributed by atoms with E-state index in [9.17, 15) is 14.4 Å². The van der Waals surface area contributed by atoms with Crippen molar-refractivity contribution in [2.45, 2.75) is 57.2 Å². The fraction of sp³-hybridized carbons (Fsp3) is 0.786. The number of carbonyl (C=O) groups excluding carboxylic acids is 3. The zero-order valence-corrected chi connectivity index (χ0v) is 13.1. The molecule has 4 amide bonds. The maximum Gasteiger partial charge on any atom is 0.331 e. The minimum absolute atomic E-state index is 0.0643. The smallest absolute Gasteiger partial charge is 0.277 e. The molecule has 5 nitrogen and oxygen atoms in total. The minimum atomic E-state index is -1.06. The van der Waals surface area contributed by atoms with E-state index in [4.69, 9.17) is 0 Å². The first-order valence-corrected chi connectivity index (χ1v) is 8.50. The van der Waals surface area contributed by atoms with Crippen LogP contribution in [0.3, 0.4) is 0 Å². The van der Waals surface area contributed by atoms with Crippen LogP contribution >= 0.6 is 11.8 Å². The predicted molar refractivity (Wildman–Crippen MR) is 78.3 cm³/mol. The molecule has 6 heteroatoms. The molecule has 2 atom stereocenters. The first kappa shape index (κ1) is 15.4. The van der Waals surface area contributed by atoms with Crippen LogP contribution in [-0.4, -0.2) is 40.3 Å². The number of urea groups is 1. The molecule has 1 aliphatic carbocycles. The van der Waals surface area contributed by atoms with E-state index in [-0.39, 0.29) is 11.9 Å². The van der Waals surface area contributed by atoms with Gasteiger partial charge in [-0.3, -0.25) is 19.8 Å². The summed E-state index contributed by atoms with van der Waals surface area (Å²) < 4.78 is 0. The minimum Gasteiger partial charge on any atom is -0.277 e. The number of hydrogen-bond acceptors (Lipinski definition) is 4. The van der Waals surface area contributed by atoms with Gasteiger partial charge in [-0.1, -0.05) is 13.8 Å². The summed E-state index contributed by atoms with van der Waals surface area (Å²) >= 11 is 1.78. The summed E-state index contributed by atoms with van der Waals surface area (Å²) in [6.07, 6.45) is 5.59. The van der Waals surface area contributed by atoms with E-state index < -0.39 is 17.4 Å². The van der Waals surface area contributed by atoms with Gasteiger partial charge < -0.3 is 0 Å². The third-order valence-electron chi connectivity index (χ3n) is 4.76. The fourth-order valence-electron chi connectivity index (χ4n) is 3.27. The van der Waals surface area contributed by atoms with Gasteiger partial charge in [0.1, 0.15) is 5.41 Å². The lowest BCUT2D eigenvalue weighted by Gasteiger charge is -2.40. The van der Waals surface area contributed by atoms with Crippen molar-refractivity contribution in [1.29, 1.82) is 0 Å². The molecular weight excluding hydrogens is 276 g/mol. The van der Waals surface area contributed by atoms with E-state index >= 15 is 0 Å². The fourth-order valence-corrected chi connectivity index (χ4v) is 4.05. The molecule has 0 aromatic heterocycles. The molecule has 2 unspecified atom stereocenters. The van der Waals surface area contributed by atoms with Crippen molar-refractivity contribution in [2.24, 2.45) is 5.41 Å². The summed E-state index contributed by atoms with van der Waals surface area (Å²) in [6, 6.07) is -0.602. The van der Waals surface area contributed by atoms with E-state index in [0.29, 0.717) is 18.1 Å². The van der Waals surface area contributed by atoms with Gasteiger partial charge in [0.05, 0.1) is 0 Å². The number of barbiturate groups is 1. The quantitative estimate of drug-likeness (QED) is 0.808. The molecule has 0 spiro atoms.